The monoisotopic (exact) mass is 780 g/mol. The fraction of sp³-hybridized carbons (Fsp3) is 0. The van der Waals surface area contributed by atoms with Gasteiger partial charge in [-0.2, -0.15) is 0 Å². The molecule has 11 rings (SSSR count). The van der Waals surface area contributed by atoms with Gasteiger partial charge in [0.05, 0.1) is 5.69 Å². The molecule has 3 aromatic heterocycles. The van der Waals surface area contributed by atoms with Crippen LogP contribution < -0.4 is 0 Å². The molecule has 11 aromatic rings. The Balaban J connectivity index is 0.959. The predicted octanol–water partition coefficient (Wildman–Crippen LogP) is 13.4. The van der Waals surface area contributed by atoms with Crippen molar-refractivity contribution in [1.82, 2.24) is 29.3 Å². The standard InChI is InChI=1S/C55H36N6/c1-5-15-37(16-6-1)38-27-33-44(34-28-38)51-56-50(42-17-7-2-8-18-42)57-52(58-51)45-35-29-40(30-36-45)39-25-31-41(32-26-39)49-47-23-13-14-24-48(47)55-60-53(43-19-9-3-10-20-43)59-54(61(49)55)46-21-11-4-12-22-46/h1-36H. The van der Waals surface area contributed by atoms with Crippen LogP contribution in [0.1, 0.15) is 0 Å². The van der Waals surface area contributed by atoms with Crippen molar-refractivity contribution in [3.05, 3.63) is 218 Å². The molecule has 0 radical (unpaired) electrons. The highest BCUT2D eigenvalue weighted by Crippen LogP contribution is 2.38. The molecule has 0 unspecified atom stereocenters. The van der Waals surface area contributed by atoms with Crippen LogP contribution in [0, 0.1) is 0 Å². The highest BCUT2D eigenvalue weighted by Gasteiger charge is 2.21. The molecule has 0 saturated heterocycles. The third-order valence-corrected chi connectivity index (χ3v) is 11.1. The Morgan fingerprint density at radius 3 is 1.00 bits per heavy atom. The van der Waals surface area contributed by atoms with Crippen LogP contribution in [0.4, 0.5) is 0 Å². The molecule has 8 aromatic carbocycles. The van der Waals surface area contributed by atoms with Gasteiger partial charge in [-0.1, -0.05) is 218 Å². The topological polar surface area (TPSA) is 68.9 Å². The maximum absolute atomic E-state index is 5.22. The molecule has 61 heavy (non-hydrogen) atoms. The van der Waals surface area contributed by atoms with Crippen LogP contribution in [0.15, 0.2) is 218 Å². The van der Waals surface area contributed by atoms with E-state index in [-0.39, 0.29) is 0 Å². The molecule has 0 aliphatic carbocycles. The fourth-order valence-electron chi connectivity index (χ4n) is 8.03. The van der Waals surface area contributed by atoms with Gasteiger partial charge in [0.1, 0.15) is 11.5 Å². The van der Waals surface area contributed by atoms with Gasteiger partial charge in [-0.05, 0) is 27.8 Å². The summed E-state index contributed by atoms with van der Waals surface area (Å²) in [6, 6.07) is 75.2. The maximum atomic E-state index is 5.22. The van der Waals surface area contributed by atoms with Gasteiger partial charge in [0, 0.05) is 38.6 Å². The lowest BCUT2D eigenvalue weighted by atomic mass is 10.00. The smallest absolute Gasteiger partial charge is 0.164 e. The van der Waals surface area contributed by atoms with Crippen LogP contribution in [0.5, 0.6) is 0 Å². The van der Waals surface area contributed by atoms with Crippen molar-refractivity contribution < 1.29 is 0 Å². The highest BCUT2D eigenvalue weighted by molar-refractivity contribution is 6.06. The Kier molecular flexibility index (Phi) is 9.06. The molecule has 0 fully saturated rings. The first-order valence-corrected chi connectivity index (χ1v) is 20.3. The first kappa shape index (κ1) is 35.8. The Bertz CT molecular complexity index is 3290. The van der Waals surface area contributed by atoms with Gasteiger partial charge in [-0.3, -0.25) is 4.40 Å². The zero-order valence-corrected chi connectivity index (χ0v) is 33.0. The minimum atomic E-state index is 0.622. The SMILES string of the molecule is c1ccc(-c2ccc(-c3nc(-c4ccccc4)nc(-c4ccc(-c5ccc(-c6c7ccccc7c7nc(-c8ccccc8)nc(-c8ccccc8)n67)cc5)cc4)n3)cc2)cc1. The maximum Gasteiger partial charge on any atom is 0.164 e. The Morgan fingerprint density at radius 1 is 0.230 bits per heavy atom. The second kappa shape index (κ2) is 15.4. The molecule has 0 atom stereocenters. The van der Waals surface area contributed by atoms with E-state index in [1.54, 1.807) is 0 Å². The number of hydrogen-bond acceptors (Lipinski definition) is 5. The molecular weight excluding hydrogens is 745 g/mol. The molecule has 6 nitrogen and oxygen atoms in total. The van der Waals surface area contributed by atoms with Crippen molar-refractivity contribution in [2.45, 2.75) is 0 Å². The van der Waals surface area contributed by atoms with E-state index in [1.165, 1.54) is 5.56 Å². The fourth-order valence-corrected chi connectivity index (χ4v) is 8.03. The van der Waals surface area contributed by atoms with Crippen molar-refractivity contribution >= 4 is 16.4 Å². The normalized spacial score (nSPS) is 11.3. The Labute approximate surface area is 353 Å². The summed E-state index contributed by atoms with van der Waals surface area (Å²) < 4.78 is 2.22. The molecule has 286 valence electrons. The van der Waals surface area contributed by atoms with E-state index in [4.69, 9.17) is 24.9 Å². The molecule has 0 N–H and O–H groups in total. The number of aromatic nitrogens is 6. The van der Waals surface area contributed by atoms with Crippen LogP contribution in [-0.4, -0.2) is 29.3 Å². The van der Waals surface area contributed by atoms with E-state index in [0.717, 1.165) is 78.0 Å². The van der Waals surface area contributed by atoms with Gasteiger partial charge in [0.2, 0.25) is 0 Å². The van der Waals surface area contributed by atoms with Crippen LogP contribution in [0.2, 0.25) is 0 Å². The van der Waals surface area contributed by atoms with Gasteiger partial charge >= 0.3 is 0 Å². The summed E-state index contributed by atoms with van der Waals surface area (Å²) in [5.74, 6) is 3.43. The average molecular weight is 781 g/mol. The Morgan fingerprint density at radius 2 is 0.541 bits per heavy atom. The Hall–Kier alpha value is -8.35. The van der Waals surface area contributed by atoms with E-state index in [9.17, 15) is 0 Å². The molecule has 0 spiro atoms. The van der Waals surface area contributed by atoms with Crippen molar-refractivity contribution in [2.24, 2.45) is 0 Å². The van der Waals surface area contributed by atoms with Crippen molar-refractivity contribution in [3.8, 4) is 90.5 Å². The zero-order chi connectivity index (χ0) is 40.5. The summed E-state index contributed by atoms with van der Waals surface area (Å²) in [6.45, 7) is 0. The van der Waals surface area contributed by atoms with E-state index >= 15 is 0 Å². The third-order valence-electron chi connectivity index (χ3n) is 11.1. The van der Waals surface area contributed by atoms with E-state index in [0.29, 0.717) is 23.3 Å². The van der Waals surface area contributed by atoms with Gasteiger partial charge in [0.25, 0.3) is 0 Å². The summed E-state index contributed by atoms with van der Waals surface area (Å²) in [5, 5.41) is 2.20. The molecular formula is C55H36N6. The first-order valence-electron chi connectivity index (χ1n) is 20.3. The minimum Gasteiger partial charge on any atom is -0.277 e. The van der Waals surface area contributed by atoms with Gasteiger partial charge in [-0.15, -0.1) is 0 Å². The second-order valence-electron chi connectivity index (χ2n) is 14.9. The molecule has 6 heteroatoms. The highest BCUT2D eigenvalue weighted by atomic mass is 15.1. The number of benzene rings is 8. The molecule has 0 saturated carbocycles. The van der Waals surface area contributed by atoms with Crippen molar-refractivity contribution in [3.63, 3.8) is 0 Å². The lowest BCUT2D eigenvalue weighted by molar-refractivity contribution is 1.05. The number of hydrogen-bond donors (Lipinski definition) is 0. The van der Waals surface area contributed by atoms with Gasteiger partial charge in [0.15, 0.2) is 23.3 Å². The van der Waals surface area contributed by atoms with Crippen LogP contribution >= 0.6 is 0 Å². The third kappa shape index (κ3) is 6.82. The van der Waals surface area contributed by atoms with Crippen molar-refractivity contribution in [1.29, 1.82) is 0 Å². The average Bonchev–Trinajstić information content (AvgIpc) is 3.69. The molecule has 0 bridgehead atoms. The van der Waals surface area contributed by atoms with Crippen molar-refractivity contribution in [2.75, 3.05) is 0 Å². The quantitative estimate of drug-likeness (QED) is 0.154. The second-order valence-corrected chi connectivity index (χ2v) is 14.9. The van der Waals surface area contributed by atoms with E-state index < -0.39 is 0 Å². The number of fused-ring (bicyclic) bond motifs is 3. The van der Waals surface area contributed by atoms with Crippen LogP contribution in [-0.2, 0) is 0 Å². The molecule has 3 heterocycles. The van der Waals surface area contributed by atoms with E-state index in [2.05, 4.69) is 162 Å². The summed E-state index contributed by atoms with van der Waals surface area (Å²) in [7, 11) is 0. The lowest BCUT2D eigenvalue weighted by Gasteiger charge is -2.13. The van der Waals surface area contributed by atoms with Gasteiger partial charge in [-0.25, -0.2) is 24.9 Å². The first-order chi connectivity index (χ1) is 30.2. The summed E-state index contributed by atoms with van der Waals surface area (Å²) in [5.41, 5.74) is 12.3. The lowest BCUT2D eigenvalue weighted by Crippen LogP contribution is -2.03. The number of nitrogens with zero attached hydrogens (tertiary/aromatic N) is 6. The predicted molar refractivity (Wildman–Crippen MR) is 247 cm³/mol. The summed E-state index contributed by atoms with van der Waals surface area (Å²) >= 11 is 0. The largest absolute Gasteiger partial charge is 0.277 e. The van der Waals surface area contributed by atoms with Crippen LogP contribution in [0.25, 0.3) is 107 Å². The molecule has 0 amide bonds. The summed E-state index contributed by atoms with van der Waals surface area (Å²) in [6.07, 6.45) is 0. The molecule has 0 aliphatic rings. The summed E-state index contributed by atoms with van der Waals surface area (Å²) in [4.78, 5) is 25.3. The molecule has 0 aliphatic heterocycles. The minimum absolute atomic E-state index is 0.622. The van der Waals surface area contributed by atoms with E-state index in [1.807, 2.05) is 60.7 Å². The van der Waals surface area contributed by atoms with Gasteiger partial charge < -0.3 is 0 Å². The number of rotatable bonds is 8. The zero-order valence-electron chi connectivity index (χ0n) is 33.0. The van der Waals surface area contributed by atoms with Crippen LogP contribution in [0.3, 0.4) is 0 Å².